The fourth-order valence-corrected chi connectivity index (χ4v) is 2.08. The van der Waals surface area contributed by atoms with Gasteiger partial charge in [0.2, 0.25) is 0 Å². The molecule has 122 valence electrons. The highest BCUT2D eigenvalue weighted by Gasteiger charge is 2.07. The highest BCUT2D eigenvalue weighted by Crippen LogP contribution is 2.31. The first-order valence-corrected chi connectivity index (χ1v) is 7.22. The molecule has 0 amide bonds. The van der Waals surface area contributed by atoms with Crippen LogP contribution in [0.4, 0.5) is 0 Å². The largest absolute Gasteiger partial charge is 0.493 e. The topological polar surface area (TPSA) is 68.5 Å². The Kier molecular flexibility index (Phi) is 5.98. The van der Waals surface area contributed by atoms with Gasteiger partial charge in [0.05, 0.1) is 25.9 Å². The average molecular weight is 323 g/mol. The molecule has 5 nitrogen and oxygen atoms in total. The van der Waals surface area contributed by atoms with E-state index in [1.807, 2.05) is 18.2 Å². The van der Waals surface area contributed by atoms with Gasteiger partial charge < -0.3 is 14.2 Å². The van der Waals surface area contributed by atoms with Gasteiger partial charge in [-0.2, -0.15) is 5.26 Å². The Morgan fingerprint density at radius 1 is 1.12 bits per heavy atom. The van der Waals surface area contributed by atoms with Crippen LogP contribution in [0, 0.1) is 11.3 Å². The molecule has 0 unspecified atom stereocenters. The predicted octanol–water partition coefficient (Wildman–Crippen LogP) is 3.33. The van der Waals surface area contributed by atoms with Crippen molar-refractivity contribution in [1.29, 1.82) is 5.26 Å². The number of nitrogens with zero attached hydrogens (tertiary/aromatic N) is 1. The van der Waals surface area contributed by atoms with Gasteiger partial charge >= 0.3 is 5.97 Å². The molecule has 0 aliphatic carbocycles. The summed E-state index contributed by atoms with van der Waals surface area (Å²) < 4.78 is 15.7. The minimum absolute atomic E-state index is 0.143. The number of benzene rings is 2. The third-order valence-electron chi connectivity index (χ3n) is 3.30. The first-order chi connectivity index (χ1) is 11.7. The zero-order valence-corrected chi connectivity index (χ0v) is 13.5. The van der Waals surface area contributed by atoms with Crippen molar-refractivity contribution in [3.63, 3.8) is 0 Å². The molecule has 2 aromatic carbocycles. The van der Waals surface area contributed by atoms with Crippen LogP contribution in [0.2, 0.25) is 0 Å². The lowest BCUT2D eigenvalue weighted by atomic mass is 10.1. The lowest BCUT2D eigenvalue weighted by molar-refractivity contribution is -0.138. The van der Waals surface area contributed by atoms with Crippen LogP contribution in [0.25, 0.3) is 6.08 Å². The van der Waals surface area contributed by atoms with Gasteiger partial charge in [0, 0.05) is 11.6 Å². The summed E-state index contributed by atoms with van der Waals surface area (Å²) in [6, 6.07) is 14.3. The lowest BCUT2D eigenvalue weighted by Gasteiger charge is -2.09. The van der Waals surface area contributed by atoms with Gasteiger partial charge in [-0.05, 0) is 29.8 Å². The van der Waals surface area contributed by atoms with E-state index in [1.54, 1.807) is 50.6 Å². The van der Waals surface area contributed by atoms with Gasteiger partial charge in [-0.1, -0.05) is 24.3 Å². The number of para-hydroxylation sites is 1. The van der Waals surface area contributed by atoms with Gasteiger partial charge in [0.1, 0.15) is 6.61 Å². The maximum atomic E-state index is 11.8. The monoisotopic (exact) mass is 323 g/mol. The second-order valence-corrected chi connectivity index (χ2v) is 4.83. The summed E-state index contributed by atoms with van der Waals surface area (Å²) >= 11 is 0. The minimum Gasteiger partial charge on any atom is -0.493 e. The van der Waals surface area contributed by atoms with Crippen LogP contribution in [0.5, 0.6) is 11.5 Å². The Bertz CT molecular complexity index is 773. The molecule has 0 saturated heterocycles. The van der Waals surface area contributed by atoms with E-state index in [0.29, 0.717) is 22.6 Å². The van der Waals surface area contributed by atoms with Crippen molar-refractivity contribution < 1.29 is 19.0 Å². The summed E-state index contributed by atoms with van der Waals surface area (Å²) in [5.41, 5.74) is 2.09. The second-order valence-electron chi connectivity index (χ2n) is 4.83. The number of nitriles is 1. The molecule has 0 N–H and O–H groups in total. The molecule has 24 heavy (non-hydrogen) atoms. The molecule has 0 saturated carbocycles. The molecule has 0 bridgehead atoms. The van der Waals surface area contributed by atoms with E-state index in [2.05, 4.69) is 0 Å². The zero-order chi connectivity index (χ0) is 17.4. The SMILES string of the molecule is COc1cccc(/C=C/C(=O)OCc2ccc(C#N)cc2)c1OC. The molecule has 2 rings (SSSR count). The van der Waals surface area contributed by atoms with Crippen molar-refractivity contribution in [2.45, 2.75) is 6.61 Å². The molecule has 0 fully saturated rings. The van der Waals surface area contributed by atoms with E-state index in [-0.39, 0.29) is 6.61 Å². The number of rotatable bonds is 6. The highest BCUT2D eigenvalue weighted by atomic mass is 16.5. The Labute approximate surface area is 140 Å². The van der Waals surface area contributed by atoms with Crippen molar-refractivity contribution in [2.24, 2.45) is 0 Å². The van der Waals surface area contributed by atoms with Gasteiger partial charge in [0.25, 0.3) is 0 Å². The van der Waals surface area contributed by atoms with Crippen molar-refractivity contribution in [1.82, 2.24) is 0 Å². The summed E-state index contributed by atoms with van der Waals surface area (Å²) in [6.45, 7) is 0.143. The third kappa shape index (κ3) is 4.37. The Balaban J connectivity index is 1.99. The standard InChI is InChI=1S/C19H17NO4/c1-22-17-5-3-4-16(19(17)23-2)10-11-18(21)24-13-15-8-6-14(12-20)7-9-15/h3-11H,13H2,1-2H3/b11-10+. The molecular formula is C19H17NO4. The van der Waals surface area contributed by atoms with Crippen LogP contribution in [-0.2, 0) is 16.1 Å². The smallest absolute Gasteiger partial charge is 0.331 e. The summed E-state index contributed by atoms with van der Waals surface area (Å²) in [5, 5.41) is 8.74. The molecule has 0 spiro atoms. The van der Waals surface area contributed by atoms with Crippen LogP contribution >= 0.6 is 0 Å². The molecule has 5 heteroatoms. The number of ether oxygens (including phenoxy) is 3. The van der Waals surface area contributed by atoms with Crippen molar-refractivity contribution in [3.8, 4) is 17.6 Å². The normalized spacial score (nSPS) is 10.2. The predicted molar refractivity (Wildman–Crippen MR) is 89.5 cm³/mol. The quantitative estimate of drug-likeness (QED) is 0.602. The maximum Gasteiger partial charge on any atom is 0.331 e. The van der Waals surface area contributed by atoms with Crippen molar-refractivity contribution in [2.75, 3.05) is 14.2 Å². The number of carbonyl (C=O) groups excluding carboxylic acids is 1. The van der Waals surface area contributed by atoms with E-state index >= 15 is 0 Å². The molecule has 0 aliphatic heterocycles. The number of carbonyl (C=O) groups is 1. The number of hydrogen-bond donors (Lipinski definition) is 0. The van der Waals surface area contributed by atoms with Crippen LogP contribution in [0.3, 0.4) is 0 Å². The fourth-order valence-electron chi connectivity index (χ4n) is 2.08. The summed E-state index contributed by atoms with van der Waals surface area (Å²) in [4.78, 5) is 11.8. The van der Waals surface area contributed by atoms with E-state index < -0.39 is 5.97 Å². The van der Waals surface area contributed by atoms with Gasteiger partial charge in [0.15, 0.2) is 11.5 Å². The van der Waals surface area contributed by atoms with Crippen molar-refractivity contribution in [3.05, 3.63) is 65.2 Å². The zero-order valence-electron chi connectivity index (χ0n) is 13.5. The number of methoxy groups -OCH3 is 2. The summed E-state index contributed by atoms with van der Waals surface area (Å²) in [6.07, 6.45) is 2.95. The van der Waals surface area contributed by atoms with E-state index in [9.17, 15) is 4.79 Å². The molecular weight excluding hydrogens is 306 g/mol. The average Bonchev–Trinajstić information content (AvgIpc) is 2.64. The molecule has 2 aromatic rings. The maximum absolute atomic E-state index is 11.8. The first kappa shape index (κ1) is 17.1. The van der Waals surface area contributed by atoms with Crippen LogP contribution < -0.4 is 9.47 Å². The van der Waals surface area contributed by atoms with E-state index in [0.717, 1.165) is 5.56 Å². The Morgan fingerprint density at radius 2 is 1.88 bits per heavy atom. The third-order valence-corrected chi connectivity index (χ3v) is 3.30. The fraction of sp³-hybridized carbons (Fsp3) is 0.158. The first-order valence-electron chi connectivity index (χ1n) is 7.22. The van der Waals surface area contributed by atoms with E-state index in [4.69, 9.17) is 19.5 Å². The molecule has 0 aromatic heterocycles. The molecule has 0 aliphatic rings. The summed E-state index contributed by atoms with van der Waals surface area (Å²) in [5.74, 6) is 0.672. The van der Waals surface area contributed by atoms with E-state index in [1.165, 1.54) is 6.08 Å². The molecule has 0 radical (unpaired) electrons. The van der Waals surface area contributed by atoms with Crippen LogP contribution in [0.15, 0.2) is 48.5 Å². The second kappa shape index (κ2) is 8.39. The molecule has 0 heterocycles. The van der Waals surface area contributed by atoms with Crippen LogP contribution in [0.1, 0.15) is 16.7 Å². The Hall–Kier alpha value is -3.26. The van der Waals surface area contributed by atoms with Crippen LogP contribution in [-0.4, -0.2) is 20.2 Å². The van der Waals surface area contributed by atoms with Gasteiger partial charge in [-0.15, -0.1) is 0 Å². The lowest BCUT2D eigenvalue weighted by Crippen LogP contribution is -2.01. The Morgan fingerprint density at radius 3 is 2.50 bits per heavy atom. The molecule has 0 atom stereocenters. The minimum atomic E-state index is -0.468. The highest BCUT2D eigenvalue weighted by molar-refractivity contribution is 5.87. The van der Waals surface area contributed by atoms with Gasteiger partial charge in [-0.25, -0.2) is 4.79 Å². The number of esters is 1. The van der Waals surface area contributed by atoms with Gasteiger partial charge in [-0.3, -0.25) is 0 Å². The number of hydrogen-bond acceptors (Lipinski definition) is 5. The van der Waals surface area contributed by atoms with Crippen molar-refractivity contribution >= 4 is 12.0 Å². The summed E-state index contributed by atoms with van der Waals surface area (Å²) in [7, 11) is 3.09.